The molecule has 0 unspecified atom stereocenters. The van der Waals surface area contributed by atoms with Crippen LogP contribution in [0.4, 0.5) is 0 Å². The van der Waals surface area contributed by atoms with Crippen LogP contribution in [0.3, 0.4) is 0 Å². The highest BCUT2D eigenvalue weighted by Crippen LogP contribution is 2.36. The summed E-state index contributed by atoms with van der Waals surface area (Å²) in [6.45, 7) is 10.1. The Kier molecular flexibility index (Phi) is 3.47. The van der Waals surface area contributed by atoms with Gasteiger partial charge in [-0.15, -0.1) is 0 Å². The third-order valence-electron chi connectivity index (χ3n) is 3.97. The molecule has 0 amide bonds. The van der Waals surface area contributed by atoms with Crippen molar-refractivity contribution in [3.63, 3.8) is 0 Å². The van der Waals surface area contributed by atoms with Crippen LogP contribution in [0, 0.1) is 11.3 Å². The molecule has 2 heteroatoms. The van der Waals surface area contributed by atoms with Gasteiger partial charge >= 0.3 is 5.97 Å². The summed E-state index contributed by atoms with van der Waals surface area (Å²) in [5, 5.41) is 0. The van der Waals surface area contributed by atoms with Crippen molar-refractivity contribution in [3.8, 4) is 0 Å². The fourth-order valence-electron chi connectivity index (χ4n) is 1.82. The monoisotopic (exact) mass is 212 g/mol. The first-order chi connectivity index (χ1) is 6.78. The van der Waals surface area contributed by atoms with E-state index in [1.54, 1.807) is 0 Å². The van der Waals surface area contributed by atoms with Crippen molar-refractivity contribution in [2.24, 2.45) is 11.3 Å². The van der Waals surface area contributed by atoms with Crippen LogP contribution in [0.15, 0.2) is 0 Å². The summed E-state index contributed by atoms with van der Waals surface area (Å²) in [5.41, 5.74) is -0.561. The summed E-state index contributed by atoms with van der Waals surface area (Å²) >= 11 is 0. The molecule has 0 atom stereocenters. The molecule has 1 saturated carbocycles. The number of carbonyl (C=O) groups excluding carboxylic acids is 1. The number of hydrogen-bond acceptors (Lipinski definition) is 2. The van der Waals surface area contributed by atoms with Gasteiger partial charge in [-0.25, -0.2) is 0 Å². The average Bonchev–Trinajstić information content (AvgIpc) is 2.51. The first-order valence-electron chi connectivity index (χ1n) is 6.01. The third-order valence-corrected chi connectivity index (χ3v) is 3.97. The molecule has 0 aliphatic heterocycles. The van der Waals surface area contributed by atoms with E-state index >= 15 is 0 Å². The van der Waals surface area contributed by atoms with E-state index in [2.05, 4.69) is 20.8 Å². The Morgan fingerprint density at radius 3 is 2.13 bits per heavy atom. The van der Waals surface area contributed by atoms with Crippen LogP contribution < -0.4 is 0 Å². The van der Waals surface area contributed by atoms with Crippen LogP contribution >= 0.6 is 0 Å². The maximum atomic E-state index is 12.0. The van der Waals surface area contributed by atoms with E-state index in [1.807, 2.05) is 13.8 Å². The molecule has 0 aromatic rings. The van der Waals surface area contributed by atoms with Crippen LogP contribution in [-0.2, 0) is 9.53 Å². The summed E-state index contributed by atoms with van der Waals surface area (Å²) in [5.74, 6) is 0.275. The first kappa shape index (κ1) is 12.5. The van der Waals surface area contributed by atoms with Crippen molar-refractivity contribution >= 4 is 5.97 Å². The Morgan fingerprint density at radius 2 is 1.73 bits per heavy atom. The molecule has 0 bridgehead atoms. The van der Waals surface area contributed by atoms with Crippen molar-refractivity contribution < 1.29 is 9.53 Å². The highest BCUT2D eigenvalue weighted by Gasteiger charge is 2.39. The Hall–Kier alpha value is -0.530. The zero-order valence-corrected chi connectivity index (χ0v) is 10.7. The van der Waals surface area contributed by atoms with Gasteiger partial charge in [0.15, 0.2) is 0 Å². The van der Waals surface area contributed by atoms with E-state index in [0.29, 0.717) is 5.92 Å². The minimum atomic E-state index is -0.369. The molecule has 0 saturated heterocycles. The predicted molar refractivity (Wildman–Crippen MR) is 61.6 cm³/mol. The third kappa shape index (κ3) is 2.73. The zero-order valence-electron chi connectivity index (χ0n) is 10.7. The molecule has 88 valence electrons. The molecule has 0 radical (unpaired) electrons. The SMILES string of the molecule is CC(C)C(C)(C)C(=O)OC1(C)CCCC1. The van der Waals surface area contributed by atoms with Gasteiger partial charge in [-0.05, 0) is 52.4 Å². The van der Waals surface area contributed by atoms with E-state index in [0.717, 1.165) is 12.8 Å². The normalized spacial score (nSPS) is 20.7. The molecule has 1 fully saturated rings. The summed E-state index contributed by atoms with van der Waals surface area (Å²) < 4.78 is 5.69. The molecule has 0 aromatic carbocycles. The molecule has 1 rings (SSSR count). The van der Waals surface area contributed by atoms with Crippen molar-refractivity contribution in [2.45, 2.75) is 65.9 Å². The standard InChI is InChI=1S/C13H24O2/c1-10(2)12(3,4)11(14)15-13(5)8-6-7-9-13/h10H,6-9H2,1-5H3. The molecule has 0 heterocycles. The first-order valence-corrected chi connectivity index (χ1v) is 6.01. The summed E-state index contributed by atoms with van der Waals surface area (Å²) in [4.78, 5) is 12.0. The molecule has 0 spiro atoms. The zero-order chi connectivity index (χ0) is 11.7. The van der Waals surface area contributed by atoms with Gasteiger partial charge in [-0.1, -0.05) is 13.8 Å². The summed E-state index contributed by atoms with van der Waals surface area (Å²) in [7, 11) is 0. The molecule has 0 aromatic heterocycles. The summed E-state index contributed by atoms with van der Waals surface area (Å²) in [6.07, 6.45) is 4.41. The Balaban J connectivity index is 2.62. The minimum Gasteiger partial charge on any atom is -0.459 e. The lowest BCUT2D eigenvalue weighted by Gasteiger charge is -2.32. The molecular formula is C13H24O2. The maximum Gasteiger partial charge on any atom is 0.312 e. The second kappa shape index (κ2) is 4.15. The van der Waals surface area contributed by atoms with Gasteiger partial charge in [0.05, 0.1) is 5.41 Å². The minimum absolute atomic E-state index is 0.0399. The van der Waals surface area contributed by atoms with Crippen LogP contribution in [-0.4, -0.2) is 11.6 Å². The van der Waals surface area contributed by atoms with Crippen LogP contribution in [0.2, 0.25) is 0 Å². The highest BCUT2D eigenvalue weighted by atomic mass is 16.6. The maximum absolute atomic E-state index is 12.0. The number of ether oxygens (including phenoxy) is 1. The Bertz CT molecular complexity index is 235. The van der Waals surface area contributed by atoms with Crippen LogP contribution in [0.1, 0.15) is 60.3 Å². The Labute approximate surface area is 93.4 Å². The van der Waals surface area contributed by atoms with Crippen LogP contribution in [0.25, 0.3) is 0 Å². The predicted octanol–water partition coefficient (Wildman–Crippen LogP) is 3.54. The lowest BCUT2D eigenvalue weighted by molar-refractivity contribution is -0.170. The fourth-order valence-corrected chi connectivity index (χ4v) is 1.82. The van der Waals surface area contributed by atoms with Crippen molar-refractivity contribution in [1.29, 1.82) is 0 Å². The Morgan fingerprint density at radius 1 is 1.27 bits per heavy atom. The number of hydrogen-bond donors (Lipinski definition) is 0. The van der Waals surface area contributed by atoms with Gasteiger partial charge in [0, 0.05) is 0 Å². The summed E-state index contributed by atoms with van der Waals surface area (Å²) in [6, 6.07) is 0. The van der Waals surface area contributed by atoms with E-state index < -0.39 is 0 Å². The molecule has 2 nitrogen and oxygen atoms in total. The number of rotatable bonds is 3. The molecule has 15 heavy (non-hydrogen) atoms. The quantitative estimate of drug-likeness (QED) is 0.669. The lowest BCUT2D eigenvalue weighted by Crippen LogP contribution is -2.38. The number of esters is 1. The van der Waals surface area contributed by atoms with Gasteiger partial charge in [0.25, 0.3) is 0 Å². The van der Waals surface area contributed by atoms with Gasteiger partial charge in [0.1, 0.15) is 5.60 Å². The molecular weight excluding hydrogens is 188 g/mol. The van der Waals surface area contributed by atoms with E-state index in [-0.39, 0.29) is 17.0 Å². The average molecular weight is 212 g/mol. The van der Waals surface area contributed by atoms with Gasteiger partial charge < -0.3 is 4.74 Å². The van der Waals surface area contributed by atoms with Crippen LogP contribution in [0.5, 0.6) is 0 Å². The molecule has 0 N–H and O–H groups in total. The molecule has 1 aliphatic carbocycles. The van der Waals surface area contributed by atoms with Crippen molar-refractivity contribution in [1.82, 2.24) is 0 Å². The smallest absolute Gasteiger partial charge is 0.312 e. The second-order valence-corrected chi connectivity index (χ2v) is 5.92. The van der Waals surface area contributed by atoms with Crippen molar-refractivity contribution in [2.75, 3.05) is 0 Å². The second-order valence-electron chi connectivity index (χ2n) is 5.92. The lowest BCUT2D eigenvalue weighted by atomic mass is 9.81. The highest BCUT2D eigenvalue weighted by molar-refractivity contribution is 5.76. The van der Waals surface area contributed by atoms with Crippen molar-refractivity contribution in [3.05, 3.63) is 0 Å². The van der Waals surface area contributed by atoms with Gasteiger partial charge in [-0.2, -0.15) is 0 Å². The van der Waals surface area contributed by atoms with E-state index in [1.165, 1.54) is 12.8 Å². The largest absolute Gasteiger partial charge is 0.459 e. The van der Waals surface area contributed by atoms with Gasteiger partial charge in [-0.3, -0.25) is 4.79 Å². The van der Waals surface area contributed by atoms with E-state index in [9.17, 15) is 4.79 Å². The number of carbonyl (C=O) groups is 1. The molecule has 1 aliphatic rings. The topological polar surface area (TPSA) is 26.3 Å². The fraction of sp³-hybridized carbons (Fsp3) is 0.923. The van der Waals surface area contributed by atoms with E-state index in [4.69, 9.17) is 4.74 Å². The van der Waals surface area contributed by atoms with Gasteiger partial charge in [0.2, 0.25) is 0 Å².